The van der Waals surface area contributed by atoms with Crippen molar-refractivity contribution in [3.8, 4) is 11.3 Å². The number of nitrogens with one attached hydrogen (secondary N) is 1. The maximum atomic E-state index is 12.4. The second-order valence-electron chi connectivity index (χ2n) is 7.51. The molecule has 1 aromatic carbocycles. The van der Waals surface area contributed by atoms with E-state index in [9.17, 15) is 14.7 Å². The Bertz CT molecular complexity index is 805. The van der Waals surface area contributed by atoms with E-state index >= 15 is 0 Å². The van der Waals surface area contributed by atoms with E-state index in [2.05, 4.69) is 17.2 Å². The predicted octanol–water partition coefficient (Wildman–Crippen LogP) is 3.73. The van der Waals surface area contributed by atoms with Crippen LogP contribution < -0.4 is 5.32 Å². The van der Waals surface area contributed by atoms with E-state index in [1.807, 2.05) is 37.3 Å². The van der Waals surface area contributed by atoms with Crippen LogP contribution in [0, 0.1) is 12.8 Å². The smallest absolute Gasteiger partial charge is 0.329 e. The molecule has 27 heavy (non-hydrogen) atoms. The fraction of sp³-hybridized carbons (Fsp3) is 0.476. The second kappa shape index (κ2) is 7.94. The van der Waals surface area contributed by atoms with Crippen LogP contribution >= 0.6 is 0 Å². The molecule has 0 spiro atoms. The van der Waals surface area contributed by atoms with Crippen molar-refractivity contribution in [1.82, 2.24) is 10.3 Å². The van der Waals surface area contributed by atoms with E-state index in [1.54, 1.807) is 0 Å². The lowest BCUT2D eigenvalue weighted by molar-refractivity contribution is -0.149. The van der Waals surface area contributed by atoms with Gasteiger partial charge in [0.25, 0.3) is 0 Å². The van der Waals surface area contributed by atoms with Crippen molar-refractivity contribution in [1.29, 1.82) is 0 Å². The maximum Gasteiger partial charge on any atom is 0.329 e. The first-order valence-corrected chi connectivity index (χ1v) is 9.46. The van der Waals surface area contributed by atoms with Gasteiger partial charge in [-0.05, 0) is 38.5 Å². The number of carbonyl (C=O) groups is 2. The molecule has 1 fully saturated rings. The standard InChI is InChI=1S/C21H26N2O4/c1-14-10-12-21(13-11-14,20(25)26)23-17(24)8-9-18-22-15(2)19(27-18)16-6-4-3-5-7-16/h3-7,14H,8-13H2,1-2H3,(H,23,24)(H,25,26). The molecule has 1 amide bonds. The Hall–Kier alpha value is -2.63. The first kappa shape index (κ1) is 19.1. The van der Waals surface area contributed by atoms with Crippen molar-refractivity contribution in [3.05, 3.63) is 41.9 Å². The van der Waals surface area contributed by atoms with Gasteiger partial charge >= 0.3 is 5.97 Å². The van der Waals surface area contributed by atoms with E-state index < -0.39 is 11.5 Å². The molecule has 0 unspecified atom stereocenters. The lowest BCUT2D eigenvalue weighted by atomic mass is 9.77. The fourth-order valence-electron chi connectivity index (χ4n) is 3.61. The Morgan fingerprint density at radius 1 is 1.26 bits per heavy atom. The number of benzene rings is 1. The minimum absolute atomic E-state index is 0.152. The Labute approximate surface area is 159 Å². The summed E-state index contributed by atoms with van der Waals surface area (Å²) in [5.74, 6) is 0.476. The van der Waals surface area contributed by atoms with Crippen molar-refractivity contribution in [3.63, 3.8) is 0 Å². The van der Waals surface area contributed by atoms with Gasteiger partial charge in [0.05, 0.1) is 5.69 Å². The van der Waals surface area contributed by atoms with E-state index in [0.29, 0.717) is 36.8 Å². The number of carboxylic acid groups (broad SMARTS) is 1. The van der Waals surface area contributed by atoms with Gasteiger partial charge in [-0.1, -0.05) is 37.3 Å². The SMILES string of the molecule is Cc1nc(CCC(=O)NC2(C(=O)O)CCC(C)CC2)oc1-c1ccccc1. The van der Waals surface area contributed by atoms with Crippen molar-refractivity contribution in [2.75, 3.05) is 0 Å². The molecule has 144 valence electrons. The van der Waals surface area contributed by atoms with Crippen LogP contribution in [0.4, 0.5) is 0 Å². The van der Waals surface area contributed by atoms with Crippen molar-refractivity contribution in [2.45, 2.75) is 57.9 Å². The monoisotopic (exact) mass is 370 g/mol. The summed E-state index contributed by atoms with van der Waals surface area (Å²) in [4.78, 5) is 28.6. The Kier molecular flexibility index (Phi) is 5.63. The van der Waals surface area contributed by atoms with Crippen LogP contribution in [0.15, 0.2) is 34.7 Å². The van der Waals surface area contributed by atoms with Gasteiger partial charge < -0.3 is 14.8 Å². The number of hydrogen-bond acceptors (Lipinski definition) is 4. The van der Waals surface area contributed by atoms with Crippen LogP contribution in [-0.2, 0) is 16.0 Å². The number of hydrogen-bond donors (Lipinski definition) is 2. The molecule has 2 aromatic rings. The average molecular weight is 370 g/mol. The Morgan fingerprint density at radius 3 is 2.56 bits per heavy atom. The number of aromatic nitrogens is 1. The molecule has 0 radical (unpaired) electrons. The molecule has 0 saturated heterocycles. The van der Waals surface area contributed by atoms with Crippen LogP contribution in [-0.4, -0.2) is 27.5 Å². The highest BCUT2D eigenvalue weighted by molar-refractivity contribution is 5.87. The number of oxazole rings is 1. The quantitative estimate of drug-likeness (QED) is 0.808. The van der Waals surface area contributed by atoms with Crippen molar-refractivity contribution in [2.24, 2.45) is 5.92 Å². The summed E-state index contributed by atoms with van der Waals surface area (Å²) < 4.78 is 5.82. The van der Waals surface area contributed by atoms with Gasteiger partial charge in [-0.25, -0.2) is 9.78 Å². The fourth-order valence-corrected chi connectivity index (χ4v) is 3.61. The van der Waals surface area contributed by atoms with Crippen molar-refractivity contribution < 1.29 is 19.1 Å². The Morgan fingerprint density at radius 2 is 1.93 bits per heavy atom. The molecule has 0 bridgehead atoms. The molecule has 1 heterocycles. The summed E-state index contributed by atoms with van der Waals surface area (Å²) >= 11 is 0. The number of amides is 1. The summed E-state index contributed by atoms with van der Waals surface area (Å²) in [6, 6.07) is 9.70. The summed E-state index contributed by atoms with van der Waals surface area (Å²) in [6.45, 7) is 3.99. The minimum Gasteiger partial charge on any atom is -0.480 e. The van der Waals surface area contributed by atoms with Gasteiger partial charge in [-0.2, -0.15) is 0 Å². The van der Waals surface area contributed by atoms with Gasteiger partial charge in [-0.15, -0.1) is 0 Å². The average Bonchev–Trinajstić information content (AvgIpc) is 3.03. The molecular formula is C21H26N2O4. The largest absolute Gasteiger partial charge is 0.480 e. The third-order valence-corrected chi connectivity index (χ3v) is 5.36. The highest BCUT2D eigenvalue weighted by Gasteiger charge is 2.42. The summed E-state index contributed by atoms with van der Waals surface area (Å²) in [5.41, 5.74) is 0.588. The molecule has 1 aromatic heterocycles. The highest BCUT2D eigenvalue weighted by atomic mass is 16.4. The molecule has 1 aliphatic carbocycles. The highest BCUT2D eigenvalue weighted by Crippen LogP contribution is 2.32. The molecule has 3 rings (SSSR count). The zero-order valence-corrected chi connectivity index (χ0v) is 15.8. The molecule has 6 heteroatoms. The summed E-state index contributed by atoms with van der Waals surface area (Å²) in [7, 11) is 0. The van der Waals surface area contributed by atoms with E-state index in [1.165, 1.54) is 0 Å². The number of rotatable bonds is 6. The number of carbonyl (C=O) groups excluding carboxylic acids is 1. The second-order valence-corrected chi connectivity index (χ2v) is 7.51. The lowest BCUT2D eigenvalue weighted by Gasteiger charge is -2.36. The number of aliphatic carboxylic acids is 1. The maximum absolute atomic E-state index is 12.4. The van der Waals surface area contributed by atoms with Crippen molar-refractivity contribution >= 4 is 11.9 Å². The number of aryl methyl sites for hydroxylation is 2. The molecule has 1 aliphatic rings. The van der Waals surface area contributed by atoms with E-state index in [0.717, 1.165) is 24.1 Å². The van der Waals surface area contributed by atoms with Gasteiger partial charge in [0, 0.05) is 18.4 Å². The molecular weight excluding hydrogens is 344 g/mol. The lowest BCUT2D eigenvalue weighted by Crippen LogP contribution is -2.56. The predicted molar refractivity (Wildman–Crippen MR) is 101 cm³/mol. The number of nitrogens with zero attached hydrogens (tertiary/aromatic N) is 1. The van der Waals surface area contributed by atoms with Gasteiger partial charge in [0.1, 0.15) is 5.54 Å². The Balaban J connectivity index is 1.61. The topological polar surface area (TPSA) is 92.4 Å². The van der Waals surface area contributed by atoms with Gasteiger partial charge in [0.15, 0.2) is 11.7 Å². The van der Waals surface area contributed by atoms with E-state index in [-0.39, 0.29) is 12.3 Å². The molecule has 0 aliphatic heterocycles. The van der Waals surface area contributed by atoms with E-state index in [4.69, 9.17) is 4.42 Å². The normalized spacial score (nSPS) is 22.4. The summed E-state index contributed by atoms with van der Waals surface area (Å²) in [6.07, 6.45) is 3.07. The first-order chi connectivity index (χ1) is 12.9. The van der Waals surface area contributed by atoms with Crippen LogP contribution in [0.25, 0.3) is 11.3 Å². The molecule has 0 atom stereocenters. The zero-order chi connectivity index (χ0) is 19.4. The third-order valence-electron chi connectivity index (χ3n) is 5.36. The third kappa shape index (κ3) is 4.38. The van der Waals surface area contributed by atoms with Crippen LogP contribution in [0.5, 0.6) is 0 Å². The molecule has 1 saturated carbocycles. The van der Waals surface area contributed by atoms with Crippen LogP contribution in [0.1, 0.15) is 50.6 Å². The number of carboxylic acids is 1. The first-order valence-electron chi connectivity index (χ1n) is 9.46. The summed E-state index contributed by atoms with van der Waals surface area (Å²) in [5, 5.41) is 12.4. The van der Waals surface area contributed by atoms with Gasteiger partial charge in [0.2, 0.25) is 5.91 Å². The molecule has 6 nitrogen and oxygen atoms in total. The van der Waals surface area contributed by atoms with Crippen LogP contribution in [0.3, 0.4) is 0 Å². The van der Waals surface area contributed by atoms with Gasteiger partial charge in [-0.3, -0.25) is 4.79 Å². The molecule has 2 N–H and O–H groups in total. The van der Waals surface area contributed by atoms with Crippen LogP contribution in [0.2, 0.25) is 0 Å². The minimum atomic E-state index is -1.13. The zero-order valence-electron chi connectivity index (χ0n) is 15.8.